The lowest BCUT2D eigenvalue weighted by molar-refractivity contribution is 0.00540. The Morgan fingerprint density at radius 3 is 2.58 bits per heavy atom. The van der Waals surface area contributed by atoms with Crippen molar-refractivity contribution in [3.63, 3.8) is 0 Å². The van der Waals surface area contributed by atoms with Gasteiger partial charge in [0, 0.05) is 31.2 Å². The van der Waals surface area contributed by atoms with E-state index in [1.165, 1.54) is 10.8 Å². The summed E-state index contributed by atoms with van der Waals surface area (Å²) in [6, 6.07) is 19.3. The number of hydrogen-bond acceptors (Lipinski definition) is 4. The van der Waals surface area contributed by atoms with Gasteiger partial charge in [0.15, 0.2) is 0 Å². The molecule has 0 atom stereocenters. The van der Waals surface area contributed by atoms with Crippen LogP contribution in [0.1, 0.15) is 24.0 Å². The van der Waals surface area contributed by atoms with Crippen molar-refractivity contribution < 1.29 is 9.53 Å². The quantitative estimate of drug-likeness (QED) is 0.665. The van der Waals surface area contributed by atoms with E-state index in [1.54, 1.807) is 12.3 Å². The van der Waals surface area contributed by atoms with Gasteiger partial charge in [-0.1, -0.05) is 42.5 Å². The molecule has 1 fully saturated rings. The van der Waals surface area contributed by atoms with Crippen molar-refractivity contribution in [1.29, 1.82) is 0 Å². The molecule has 7 nitrogen and oxygen atoms in total. The van der Waals surface area contributed by atoms with Crippen LogP contribution in [0.3, 0.4) is 0 Å². The number of anilines is 1. The van der Waals surface area contributed by atoms with E-state index in [2.05, 4.69) is 22.4 Å². The topological polar surface area (TPSA) is 76.5 Å². The number of aromatic nitrogens is 2. The average Bonchev–Trinajstić information content (AvgIpc) is 2.80. The first-order valence-corrected chi connectivity index (χ1v) is 10.5. The summed E-state index contributed by atoms with van der Waals surface area (Å²) in [5.41, 5.74) is 2.49. The Balaban J connectivity index is 1.27. The number of hydrogen-bond donors (Lipinski definition) is 1. The van der Waals surface area contributed by atoms with Gasteiger partial charge >= 0.3 is 11.7 Å². The van der Waals surface area contributed by atoms with Gasteiger partial charge in [0.05, 0.1) is 19.3 Å². The summed E-state index contributed by atoms with van der Waals surface area (Å²) in [6.45, 7) is 2.33. The van der Waals surface area contributed by atoms with E-state index in [9.17, 15) is 9.59 Å². The first kappa shape index (κ1) is 20.8. The Morgan fingerprint density at radius 2 is 1.81 bits per heavy atom. The second kappa shape index (κ2) is 10.0. The van der Waals surface area contributed by atoms with E-state index in [-0.39, 0.29) is 17.8 Å². The van der Waals surface area contributed by atoms with Crippen molar-refractivity contribution in [3.8, 4) is 0 Å². The van der Waals surface area contributed by atoms with Gasteiger partial charge in [-0.3, -0.25) is 4.57 Å². The Bertz CT molecular complexity index is 1060. The van der Waals surface area contributed by atoms with Gasteiger partial charge in [0.1, 0.15) is 0 Å². The fourth-order valence-corrected chi connectivity index (χ4v) is 3.67. The Labute approximate surface area is 181 Å². The number of likely N-dealkylation sites (tertiary alicyclic amines) is 1. The van der Waals surface area contributed by atoms with Crippen LogP contribution in [0.4, 0.5) is 10.5 Å². The number of ether oxygens (including phenoxy) is 1. The Morgan fingerprint density at radius 1 is 1.03 bits per heavy atom. The van der Waals surface area contributed by atoms with Crippen molar-refractivity contribution >= 4 is 11.7 Å². The third-order valence-electron chi connectivity index (χ3n) is 5.37. The van der Waals surface area contributed by atoms with Crippen LogP contribution in [-0.2, 0) is 17.9 Å². The normalized spacial score (nSPS) is 14.4. The zero-order chi connectivity index (χ0) is 21.5. The molecule has 0 unspecified atom stereocenters. The lowest BCUT2D eigenvalue weighted by Gasteiger charge is -2.32. The molecule has 160 valence electrons. The highest BCUT2D eigenvalue weighted by Gasteiger charge is 2.23. The van der Waals surface area contributed by atoms with Crippen molar-refractivity contribution in [2.45, 2.75) is 32.1 Å². The van der Waals surface area contributed by atoms with Gasteiger partial charge in [-0.15, -0.1) is 0 Å². The number of carbonyl (C=O) groups excluding carboxylic acids is 1. The SMILES string of the molecule is O=C(Nc1cccc(Cn2cccnc2=O)c1)N1CCC(OCc2ccccc2)CC1. The predicted molar refractivity (Wildman–Crippen MR) is 119 cm³/mol. The van der Waals surface area contributed by atoms with E-state index >= 15 is 0 Å². The molecule has 0 aliphatic carbocycles. The predicted octanol–water partition coefficient (Wildman–Crippen LogP) is 3.50. The highest BCUT2D eigenvalue weighted by Crippen LogP contribution is 2.18. The molecule has 0 saturated carbocycles. The van der Waals surface area contributed by atoms with Gasteiger partial charge < -0.3 is 15.0 Å². The number of piperidine rings is 1. The van der Waals surface area contributed by atoms with Crippen molar-refractivity contribution in [2.75, 3.05) is 18.4 Å². The maximum atomic E-state index is 12.7. The van der Waals surface area contributed by atoms with Crippen LogP contribution < -0.4 is 11.0 Å². The van der Waals surface area contributed by atoms with E-state index in [1.807, 2.05) is 47.4 Å². The third kappa shape index (κ3) is 5.79. The lowest BCUT2D eigenvalue weighted by Crippen LogP contribution is -2.43. The van der Waals surface area contributed by atoms with E-state index in [4.69, 9.17) is 4.74 Å². The molecule has 1 N–H and O–H groups in total. The minimum Gasteiger partial charge on any atom is -0.373 e. The standard InChI is InChI=1S/C24H26N4O3/c29-23-25-12-5-13-28(23)17-20-8-4-9-21(16-20)26-24(30)27-14-10-22(11-15-27)31-18-19-6-2-1-3-7-19/h1-9,12-13,16,22H,10-11,14-15,17-18H2,(H,26,30). The molecule has 2 amide bonds. The van der Waals surface area contributed by atoms with Gasteiger partial charge in [-0.25, -0.2) is 14.6 Å². The summed E-state index contributed by atoms with van der Waals surface area (Å²) >= 11 is 0. The molecule has 0 spiro atoms. The molecule has 3 aromatic rings. The van der Waals surface area contributed by atoms with Crippen LogP contribution in [0.25, 0.3) is 0 Å². The minimum absolute atomic E-state index is 0.114. The molecule has 0 bridgehead atoms. The summed E-state index contributed by atoms with van der Waals surface area (Å²) in [5, 5.41) is 2.97. The molecule has 1 saturated heterocycles. The summed E-state index contributed by atoms with van der Waals surface area (Å²) in [5.74, 6) is 0. The van der Waals surface area contributed by atoms with Gasteiger partial charge in [-0.05, 0) is 42.2 Å². The highest BCUT2D eigenvalue weighted by molar-refractivity contribution is 5.89. The smallest absolute Gasteiger partial charge is 0.347 e. The number of nitrogens with one attached hydrogen (secondary N) is 1. The van der Waals surface area contributed by atoms with Crippen LogP contribution in [-0.4, -0.2) is 39.7 Å². The number of rotatable bonds is 6. The van der Waals surface area contributed by atoms with E-state index < -0.39 is 0 Å². The Kier molecular flexibility index (Phi) is 6.74. The number of amides is 2. The van der Waals surface area contributed by atoms with Crippen LogP contribution >= 0.6 is 0 Å². The molecule has 1 aromatic heterocycles. The lowest BCUT2D eigenvalue weighted by atomic mass is 10.1. The number of benzene rings is 2. The van der Waals surface area contributed by atoms with Crippen LogP contribution in [0.15, 0.2) is 77.9 Å². The molecule has 1 aliphatic heterocycles. The zero-order valence-electron chi connectivity index (χ0n) is 17.3. The second-order valence-corrected chi connectivity index (χ2v) is 7.64. The molecule has 2 heterocycles. The van der Waals surface area contributed by atoms with E-state index in [0.29, 0.717) is 31.9 Å². The van der Waals surface area contributed by atoms with Crippen molar-refractivity contribution in [1.82, 2.24) is 14.5 Å². The van der Waals surface area contributed by atoms with Crippen molar-refractivity contribution in [2.24, 2.45) is 0 Å². The number of carbonyl (C=O) groups is 1. The van der Waals surface area contributed by atoms with Gasteiger partial charge in [0.2, 0.25) is 0 Å². The molecule has 0 radical (unpaired) electrons. The van der Waals surface area contributed by atoms with Crippen LogP contribution in [0.5, 0.6) is 0 Å². The minimum atomic E-state index is -0.297. The molecule has 4 rings (SSSR count). The summed E-state index contributed by atoms with van der Waals surface area (Å²) in [6.07, 6.45) is 5.00. The average molecular weight is 418 g/mol. The molecular formula is C24H26N4O3. The monoisotopic (exact) mass is 418 g/mol. The summed E-state index contributed by atoms with van der Waals surface area (Å²) in [4.78, 5) is 30.1. The number of urea groups is 1. The molecule has 2 aromatic carbocycles. The van der Waals surface area contributed by atoms with Crippen molar-refractivity contribution in [3.05, 3.63) is 94.7 Å². The highest BCUT2D eigenvalue weighted by atomic mass is 16.5. The first-order chi connectivity index (χ1) is 15.2. The molecule has 7 heteroatoms. The maximum absolute atomic E-state index is 12.7. The second-order valence-electron chi connectivity index (χ2n) is 7.64. The molecule has 1 aliphatic rings. The fraction of sp³-hybridized carbons (Fsp3) is 0.292. The van der Waals surface area contributed by atoms with E-state index in [0.717, 1.165) is 24.0 Å². The maximum Gasteiger partial charge on any atom is 0.347 e. The Hall–Kier alpha value is -3.45. The number of nitrogens with zero attached hydrogens (tertiary/aromatic N) is 3. The van der Waals surface area contributed by atoms with Gasteiger partial charge in [-0.2, -0.15) is 0 Å². The molecular weight excluding hydrogens is 392 g/mol. The summed E-state index contributed by atoms with van der Waals surface area (Å²) in [7, 11) is 0. The molecule has 31 heavy (non-hydrogen) atoms. The summed E-state index contributed by atoms with van der Waals surface area (Å²) < 4.78 is 7.53. The van der Waals surface area contributed by atoms with Crippen LogP contribution in [0, 0.1) is 0 Å². The third-order valence-corrected chi connectivity index (χ3v) is 5.37. The first-order valence-electron chi connectivity index (χ1n) is 10.5. The van der Waals surface area contributed by atoms with Gasteiger partial charge in [0.25, 0.3) is 0 Å². The van der Waals surface area contributed by atoms with Crippen LogP contribution in [0.2, 0.25) is 0 Å². The largest absolute Gasteiger partial charge is 0.373 e. The fourth-order valence-electron chi connectivity index (χ4n) is 3.67. The zero-order valence-corrected chi connectivity index (χ0v) is 17.3.